The van der Waals surface area contributed by atoms with Crippen LogP contribution in [-0.2, 0) is 0 Å². The highest BCUT2D eigenvalue weighted by atomic mass is 35.5. The first-order valence-corrected chi connectivity index (χ1v) is 4.46. The molecule has 1 rings (SSSR count). The predicted octanol–water partition coefficient (Wildman–Crippen LogP) is 3.17. The molecule has 0 aliphatic rings. The van der Waals surface area contributed by atoms with Crippen molar-refractivity contribution in [2.45, 2.75) is 13.3 Å². The Labute approximate surface area is 78.1 Å². The molecule has 12 heavy (non-hydrogen) atoms. The SMILES string of the molecule is CCCN=Cc1ccccc1Cl. The van der Waals surface area contributed by atoms with Crippen molar-refractivity contribution < 1.29 is 0 Å². The zero-order chi connectivity index (χ0) is 8.81. The van der Waals surface area contributed by atoms with Crippen LogP contribution in [0.1, 0.15) is 18.9 Å². The van der Waals surface area contributed by atoms with Crippen LogP contribution in [0.3, 0.4) is 0 Å². The van der Waals surface area contributed by atoms with Gasteiger partial charge in [0.1, 0.15) is 0 Å². The molecular formula is C10H12ClN. The Balaban J connectivity index is 2.68. The van der Waals surface area contributed by atoms with E-state index in [9.17, 15) is 0 Å². The van der Waals surface area contributed by atoms with E-state index >= 15 is 0 Å². The molecule has 2 heteroatoms. The van der Waals surface area contributed by atoms with Crippen molar-refractivity contribution in [3.63, 3.8) is 0 Å². The fourth-order valence-corrected chi connectivity index (χ4v) is 1.06. The van der Waals surface area contributed by atoms with Crippen LogP contribution in [0.25, 0.3) is 0 Å². The van der Waals surface area contributed by atoms with Crippen molar-refractivity contribution in [3.8, 4) is 0 Å². The number of hydrogen-bond acceptors (Lipinski definition) is 1. The minimum atomic E-state index is 0.761. The molecule has 1 aromatic rings. The van der Waals surface area contributed by atoms with Crippen molar-refractivity contribution in [2.75, 3.05) is 6.54 Å². The quantitative estimate of drug-likeness (QED) is 0.636. The largest absolute Gasteiger partial charge is 0.293 e. The number of hydrogen-bond donors (Lipinski definition) is 0. The fourth-order valence-electron chi connectivity index (χ4n) is 0.872. The van der Waals surface area contributed by atoms with E-state index in [2.05, 4.69) is 11.9 Å². The van der Waals surface area contributed by atoms with E-state index in [-0.39, 0.29) is 0 Å². The van der Waals surface area contributed by atoms with Gasteiger partial charge >= 0.3 is 0 Å². The molecule has 0 saturated heterocycles. The van der Waals surface area contributed by atoms with Gasteiger partial charge in [-0.15, -0.1) is 0 Å². The van der Waals surface area contributed by atoms with Crippen molar-refractivity contribution in [2.24, 2.45) is 4.99 Å². The Hall–Kier alpha value is -0.820. The molecule has 0 spiro atoms. The lowest BCUT2D eigenvalue weighted by Crippen LogP contribution is -1.83. The van der Waals surface area contributed by atoms with Gasteiger partial charge in [0, 0.05) is 23.3 Å². The van der Waals surface area contributed by atoms with Crippen molar-refractivity contribution in [1.82, 2.24) is 0 Å². The van der Waals surface area contributed by atoms with E-state index in [0.717, 1.165) is 23.6 Å². The maximum absolute atomic E-state index is 5.91. The van der Waals surface area contributed by atoms with Crippen LogP contribution in [0.5, 0.6) is 0 Å². The van der Waals surface area contributed by atoms with Crippen molar-refractivity contribution >= 4 is 17.8 Å². The molecule has 0 aliphatic carbocycles. The standard InChI is InChI=1S/C10H12ClN/c1-2-7-12-8-9-5-3-4-6-10(9)11/h3-6,8H,2,7H2,1H3. The molecule has 1 nitrogen and oxygen atoms in total. The molecule has 0 saturated carbocycles. The highest BCUT2D eigenvalue weighted by Gasteiger charge is 1.92. The van der Waals surface area contributed by atoms with Gasteiger partial charge in [0.2, 0.25) is 0 Å². The molecule has 1 aromatic carbocycles. The summed E-state index contributed by atoms with van der Waals surface area (Å²) in [5.41, 5.74) is 0.993. The minimum absolute atomic E-state index is 0.761. The summed E-state index contributed by atoms with van der Waals surface area (Å²) in [6.07, 6.45) is 2.90. The summed E-state index contributed by atoms with van der Waals surface area (Å²) in [4.78, 5) is 4.21. The summed E-state index contributed by atoms with van der Waals surface area (Å²) in [7, 11) is 0. The predicted molar refractivity (Wildman–Crippen MR) is 54.2 cm³/mol. The molecule has 0 bridgehead atoms. The average molecular weight is 182 g/mol. The maximum atomic E-state index is 5.91. The molecule has 0 fully saturated rings. The number of halogens is 1. The van der Waals surface area contributed by atoms with Gasteiger partial charge in [0.15, 0.2) is 0 Å². The third-order valence-electron chi connectivity index (χ3n) is 1.49. The maximum Gasteiger partial charge on any atom is 0.0493 e. The Kier molecular flexibility index (Phi) is 3.81. The van der Waals surface area contributed by atoms with Gasteiger partial charge < -0.3 is 0 Å². The normalized spacial score (nSPS) is 10.8. The Morgan fingerprint density at radius 3 is 2.83 bits per heavy atom. The number of nitrogens with zero attached hydrogens (tertiary/aromatic N) is 1. The van der Waals surface area contributed by atoms with Crippen LogP contribution in [0.15, 0.2) is 29.3 Å². The van der Waals surface area contributed by atoms with E-state index in [1.54, 1.807) is 0 Å². The monoisotopic (exact) mass is 181 g/mol. The summed E-state index contributed by atoms with van der Waals surface area (Å²) < 4.78 is 0. The molecular weight excluding hydrogens is 170 g/mol. The summed E-state index contributed by atoms with van der Waals surface area (Å²) in [6, 6.07) is 7.70. The Morgan fingerprint density at radius 1 is 1.42 bits per heavy atom. The molecule has 0 N–H and O–H groups in total. The summed E-state index contributed by atoms with van der Waals surface area (Å²) in [5.74, 6) is 0. The molecule has 0 unspecified atom stereocenters. The van der Waals surface area contributed by atoms with E-state index < -0.39 is 0 Å². The molecule has 0 heterocycles. The highest BCUT2D eigenvalue weighted by molar-refractivity contribution is 6.33. The van der Waals surface area contributed by atoms with Crippen LogP contribution in [0, 0.1) is 0 Å². The van der Waals surface area contributed by atoms with Crippen molar-refractivity contribution in [1.29, 1.82) is 0 Å². The molecule has 0 aliphatic heterocycles. The lowest BCUT2D eigenvalue weighted by Gasteiger charge is -1.94. The Morgan fingerprint density at radius 2 is 2.17 bits per heavy atom. The van der Waals surface area contributed by atoms with Gasteiger partial charge in [0.05, 0.1) is 0 Å². The van der Waals surface area contributed by atoms with E-state index in [1.807, 2.05) is 30.5 Å². The molecule has 0 aromatic heterocycles. The lowest BCUT2D eigenvalue weighted by atomic mass is 10.2. The highest BCUT2D eigenvalue weighted by Crippen LogP contribution is 2.12. The zero-order valence-corrected chi connectivity index (χ0v) is 7.88. The third-order valence-corrected chi connectivity index (χ3v) is 1.83. The third kappa shape index (κ3) is 2.67. The summed E-state index contributed by atoms with van der Waals surface area (Å²) in [5, 5.41) is 0.761. The van der Waals surface area contributed by atoms with Crippen LogP contribution >= 0.6 is 11.6 Å². The molecule has 0 amide bonds. The average Bonchev–Trinajstić information content (AvgIpc) is 2.09. The van der Waals surface area contributed by atoms with Crippen molar-refractivity contribution in [3.05, 3.63) is 34.9 Å². The lowest BCUT2D eigenvalue weighted by molar-refractivity contribution is 0.937. The Bertz CT molecular complexity index is 268. The molecule has 0 atom stereocenters. The first kappa shape index (κ1) is 9.27. The van der Waals surface area contributed by atoms with Crippen LogP contribution in [0.4, 0.5) is 0 Å². The first-order chi connectivity index (χ1) is 5.84. The van der Waals surface area contributed by atoms with Gasteiger partial charge in [-0.05, 0) is 12.5 Å². The second-order valence-electron chi connectivity index (χ2n) is 2.56. The number of benzene rings is 1. The van der Waals surface area contributed by atoms with Crippen LogP contribution in [-0.4, -0.2) is 12.8 Å². The number of aliphatic imine (C=N–C) groups is 1. The van der Waals surface area contributed by atoms with Gasteiger partial charge in [-0.3, -0.25) is 4.99 Å². The van der Waals surface area contributed by atoms with Gasteiger partial charge in [-0.2, -0.15) is 0 Å². The summed E-state index contributed by atoms with van der Waals surface area (Å²) in [6.45, 7) is 2.97. The van der Waals surface area contributed by atoms with E-state index in [4.69, 9.17) is 11.6 Å². The van der Waals surface area contributed by atoms with Crippen LogP contribution < -0.4 is 0 Å². The van der Waals surface area contributed by atoms with Gasteiger partial charge in [-0.25, -0.2) is 0 Å². The zero-order valence-electron chi connectivity index (χ0n) is 7.13. The smallest absolute Gasteiger partial charge is 0.0493 e. The van der Waals surface area contributed by atoms with Crippen LogP contribution in [0.2, 0.25) is 5.02 Å². The van der Waals surface area contributed by atoms with Gasteiger partial charge in [-0.1, -0.05) is 36.7 Å². The summed E-state index contributed by atoms with van der Waals surface area (Å²) >= 11 is 5.91. The molecule has 64 valence electrons. The first-order valence-electron chi connectivity index (χ1n) is 4.09. The van der Waals surface area contributed by atoms with Gasteiger partial charge in [0.25, 0.3) is 0 Å². The topological polar surface area (TPSA) is 12.4 Å². The van der Waals surface area contributed by atoms with E-state index in [0.29, 0.717) is 0 Å². The molecule has 0 radical (unpaired) electrons. The number of rotatable bonds is 3. The fraction of sp³-hybridized carbons (Fsp3) is 0.300. The van der Waals surface area contributed by atoms with E-state index in [1.165, 1.54) is 0 Å². The second-order valence-corrected chi connectivity index (χ2v) is 2.96. The second kappa shape index (κ2) is 4.94. The minimum Gasteiger partial charge on any atom is -0.293 e.